The van der Waals surface area contributed by atoms with Crippen LogP contribution in [0, 0.1) is 0 Å². The Bertz CT molecular complexity index is 802. The van der Waals surface area contributed by atoms with Gasteiger partial charge in [0, 0.05) is 45.1 Å². The van der Waals surface area contributed by atoms with E-state index in [1.165, 1.54) is 5.69 Å². The van der Waals surface area contributed by atoms with Crippen molar-refractivity contribution >= 4 is 29.9 Å². The number of guanidine groups is 1. The van der Waals surface area contributed by atoms with Gasteiger partial charge in [0.05, 0.1) is 20.8 Å². The molecule has 1 aromatic heterocycles. The highest BCUT2D eigenvalue weighted by atomic mass is 127. The first kappa shape index (κ1) is 23.9. The molecule has 0 atom stereocenters. The molecular formula is C21H31IN4O2. The minimum Gasteiger partial charge on any atom is -0.493 e. The molecule has 0 aliphatic carbocycles. The van der Waals surface area contributed by atoms with E-state index in [1.54, 1.807) is 21.3 Å². The Kier molecular flexibility index (Phi) is 9.92. The minimum absolute atomic E-state index is 0. The fourth-order valence-electron chi connectivity index (χ4n) is 3.06. The molecule has 0 saturated carbocycles. The van der Waals surface area contributed by atoms with E-state index in [2.05, 4.69) is 38.5 Å². The van der Waals surface area contributed by atoms with Crippen LogP contribution in [0.4, 0.5) is 0 Å². The van der Waals surface area contributed by atoms with Crippen molar-refractivity contribution in [3.05, 3.63) is 59.9 Å². The molecule has 0 amide bonds. The average Bonchev–Trinajstić information content (AvgIpc) is 3.06. The molecular weight excluding hydrogens is 467 g/mol. The van der Waals surface area contributed by atoms with Crippen LogP contribution in [0.1, 0.15) is 16.8 Å². The molecule has 0 bridgehead atoms. The summed E-state index contributed by atoms with van der Waals surface area (Å²) in [6, 6.07) is 8.26. The average molecular weight is 498 g/mol. The summed E-state index contributed by atoms with van der Waals surface area (Å²) in [6.07, 6.45) is 4.63. The van der Waals surface area contributed by atoms with Crippen LogP contribution in [0.15, 0.2) is 48.1 Å². The van der Waals surface area contributed by atoms with Crippen molar-refractivity contribution in [3.8, 4) is 11.5 Å². The molecule has 7 heteroatoms. The van der Waals surface area contributed by atoms with Crippen molar-refractivity contribution in [3.63, 3.8) is 0 Å². The number of allylic oxidation sites excluding steroid dienone is 1. The summed E-state index contributed by atoms with van der Waals surface area (Å²) in [5.74, 6) is 2.31. The first-order valence-electron chi connectivity index (χ1n) is 8.90. The van der Waals surface area contributed by atoms with Gasteiger partial charge in [0.15, 0.2) is 17.5 Å². The highest BCUT2D eigenvalue weighted by Crippen LogP contribution is 2.33. The number of nitrogens with one attached hydrogen (secondary N) is 1. The second-order valence-corrected chi connectivity index (χ2v) is 6.35. The van der Waals surface area contributed by atoms with Crippen LogP contribution in [0.25, 0.3) is 0 Å². The molecule has 2 rings (SSSR count). The van der Waals surface area contributed by atoms with Crippen molar-refractivity contribution in [1.29, 1.82) is 0 Å². The van der Waals surface area contributed by atoms with Crippen molar-refractivity contribution in [2.24, 2.45) is 12.0 Å². The number of nitrogens with zero attached hydrogens (tertiary/aromatic N) is 3. The zero-order chi connectivity index (χ0) is 19.8. The van der Waals surface area contributed by atoms with Crippen LogP contribution >= 0.6 is 24.0 Å². The van der Waals surface area contributed by atoms with Crippen LogP contribution in [0.5, 0.6) is 11.5 Å². The van der Waals surface area contributed by atoms with Gasteiger partial charge in [-0.2, -0.15) is 0 Å². The monoisotopic (exact) mass is 498 g/mol. The molecule has 0 radical (unpaired) electrons. The van der Waals surface area contributed by atoms with Crippen LogP contribution in [-0.2, 0) is 26.6 Å². The van der Waals surface area contributed by atoms with Gasteiger partial charge in [0.1, 0.15) is 0 Å². The number of aliphatic imine (C=N–C) groups is 1. The fraction of sp³-hybridized carbons (Fsp3) is 0.381. The molecule has 0 aliphatic heterocycles. The maximum atomic E-state index is 5.50. The largest absolute Gasteiger partial charge is 0.493 e. The van der Waals surface area contributed by atoms with Crippen molar-refractivity contribution in [2.75, 3.05) is 28.3 Å². The van der Waals surface area contributed by atoms with Gasteiger partial charge in [-0.3, -0.25) is 4.99 Å². The van der Waals surface area contributed by atoms with Gasteiger partial charge in [-0.05, 0) is 36.2 Å². The lowest BCUT2D eigenvalue weighted by molar-refractivity contribution is 0.351. The summed E-state index contributed by atoms with van der Waals surface area (Å²) >= 11 is 0. The summed E-state index contributed by atoms with van der Waals surface area (Å²) in [6.45, 7) is 5.24. The van der Waals surface area contributed by atoms with E-state index in [4.69, 9.17) is 9.47 Å². The van der Waals surface area contributed by atoms with E-state index in [-0.39, 0.29) is 24.0 Å². The van der Waals surface area contributed by atoms with Crippen molar-refractivity contribution < 1.29 is 9.47 Å². The number of aryl methyl sites for hydroxylation is 1. The van der Waals surface area contributed by atoms with E-state index in [0.29, 0.717) is 6.54 Å². The van der Waals surface area contributed by atoms with E-state index in [1.807, 2.05) is 38.5 Å². The highest BCUT2D eigenvalue weighted by Gasteiger charge is 2.13. The Labute approximate surface area is 185 Å². The lowest BCUT2D eigenvalue weighted by Gasteiger charge is -2.23. The van der Waals surface area contributed by atoms with Gasteiger partial charge < -0.3 is 24.3 Å². The molecule has 1 heterocycles. The van der Waals surface area contributed by atoms with E-state index < -0.39 is 0 Å². The lowest BCUT2D eigenvalue weighted by atomic mass is 10.1. The van der Waals surface area contributed by atoms with E-state index >= 15 is 0 Å². The number of methoxy groups -OCH3 is 2. The molecule has 28 heavy (non-hydrogen) atoms. The summed E-state index contributed by atoms with van der Waals surface area (Å²) in [5.41, 5.74) is 3.37. The van der Waals surface area contributed by atoms with Crippen LogP contribution < -0.4 is 14.8 Å². The maximum absolute atomic E-state index is 5.50. The number of hydrogen-bond acceptors (Lipinski definition) is 3. The Morgan fingerprint density at radius 1 is 1.32 bits per heavy atom. The number of aromatic nitrogens is 1. The van der Waals surface area contributed by atoms with Gasteiger partial charge >= 0.3 is 0 Å². The van der Waals surface area contributed by atoms with Gasteiger partial charge in [-0.15, -0.1) is 30.6 Å². The number of ether oxygens (including phenoxy) is 2. The Morgan fingerprint density at radius 2 is 2.07 bits per heavy atom. The zero-order valence-electron chi connectivity index (χ0n) is 17.4. The van der Waals surface area contributed by atoms with Crippen LogP contribution in [0.2, 0.25) is 0 Å². The third-order valence-corrected chi connectivity index (χ3v) is 4.45. The first-order valence-corrected chi connectivity index (χ1v) is 8.90. The fourth-order valence-corrected chi connectivity index (χ4v) is 3.06. The molecule has 6 nitrogen and oxygen atoms in total. The first-order chi connectivity index (χ1) is 13.0. The Hall–Kier alpha value is -2.16. The van der Waals surface area contributed by atoms with E-state index in [0.717, 1.165) is 41.6 Å². The predicted octanol–water partition coefficient (Wildman–Crippen LogP) is 3.60. The number of halogens is 1. The molecule has 0 saturated heterocycles. The molecule has 0 unspecified atom stereocenters. The van der Waals surface area contributed by atoms with E-state index in [9.17, 15) is 0 Å². The van der Waals surface area contributed by atoms with Crippen LogP contribution in [-0.4, -0.2) is 43.7 Å². The van der Waals surface area contributed by atoms with Crippen molar-refractivity contribution in [2.45, 2.75) is 19.5 Å². The zero-order valence-corrected chi connectivity index (χ0v) is 19.7. The summed E-state index contributed by atoms with van der Waals surface area (Å²) in [4.78, 5) is 6.50. The Balaban J connectivity index is 0.00000392. The molecule has 0 spiro atoms. The second kappa shape index (κ2) is 11.6. The standard InChI is InChI=1S/C21H30N4O2.HI/c1-7-9-17-12-16(13-19(26-5)20(17)27-6)14-23-21(22-2)25(4)15-18-10-8-11-24(18)3;/h7-8,10-13H,1,9,14-15H2,2-6H3,(H,22,23);1H. The number of rotatable bonds is 8. The summed E-state index contributed by atoms with van der Waals surface area (Å²) in [5, 5.41) is 3.42. The highest BCUT2D eigenvalue weighted by molar-refractivity contribution is 14.0. The molecule has 1 N–H and O–H groups in total. The summed E-state index contributed by atoms with van der Waals surface area (Å²) in [7, 11) is 9.17. The summed E-state index contributed by atoms with van der Waals surface area (Å²) < 4.78 is 13.1. The predicted molar refractivity (Wildman–Crippen MR) is 126 cm³/mol. The number of hydrogen-bond donors (Lipinski definition) is 1. The quantitative estimate of drug-likeness (QED) is 0.262. The van der Waals surface area contributed by atoms with Gasteiger partial charge in [-0.25, -0.2) is 0 Å². The lowest BCUT2D eigenvalue weighted by Crippen LogP contribution is -2.38. The molecule has 1 aromatic carbocycles. The minimum atomic E-state index is 0. The Morgan fingerprint density at radius 3 is 2.61 bits per heavy atom. The third kappa shape index (κ3) is 5.92. The molecule has 0 fully saturated rings. The smallest absolute Gasteiger partial charge is 0.194 e. The van der Waals surface area contributed by atoms with Crippen LogP contribution in [0.3, 0.4) is 0 Å². The molecule has 154 valence electrons. The van der Waals surface area contributed by atoms with Gasteiger partial charge in [-0.1, -0.05) is 6.08 Å². The van der Waals surface area contributed by atoms with Crippen molar-refractivity contribution in [1.82, 2.24) is 14.8 Å². The molecule has 0 aliphatic rings. The van der Waals surface area contributed by atoms with Gasteiger partial charge in [0.2, 0.25) is 0 Å². The van der Waals surface area contributed by atoms with Gasteiger partial charge in [0.25, 0.3) is 0 Å². The second-order valence-electron chi connectivity index (χ2n) is 6.35. The maximum Gasteiger partial charge on any atom is 0.194 e. The number of benzene rings is 1. The third-order valence-electron chi connectivity index (χ3n) is 4.45. The molecule has 2 aromatic rings. The SMILES string of the molecule is C=CCc1cc(CNC(=NC)N(C)Cc2cccn2C)cc(OC)c1OC.I. The normalized spacial score (nSPS) is 10.8. The topological polar surface area (TPSA) is 51.0 Å².